The minimum absolute atomic E-state index is 0.0428. The molecule has 0 saturated heterocycles. The summed E-state index contributed by atoms with van der Waals surface area (Å²) in [6, 6.07) is 14.6. The topological polar surface area (TPSA) is 67.9 Å². The van der Waals surface area contributed by atoms with Crippen LogP contribution in [0.3, 0.4) is 0 Å². The van der Waals surface area contributed by atoms with Gasteiger partial charge < -0.3 is 19.7 Å². The molecule has 0 aliphatic carbocycles. The van der Waals surface area contributed by atoms with Crippen molar-refractivity contribution < 1.29 is 19.1 Å². The Balaban J connectivity index is 2.13. The summed E-state index contributed by atoms with van der Waals surface area (Å²) in [5, 5.41) is 2.96. The van der Waals surface area contributed by atoms with Crippen LogP contribution in [0.25, 0.3) is 0 Å². The van der Waals surface area contributed by atoms with Gasteiger partial charge in [0.25, 0.3) is 5.91 Å². The minimum atomic E-state index is -0.630. The molecule has 2 amide bonds. The van der Waals surface area contributed by atoms with Crippen LogP contribution < -0.4 is 14.8 Å². The van der Waals surface area contributed by atoms with Crippen LogP contribution in [-0.2, 0) is 22.6 Å². The molecule has 0 radical (unpaired) electrons. The van der Waals surface area contributed by atoms with Gasteiger partial charge in [-0.15, -0.1) is 0 Å². The Morgan fingerprint density at radius 3 is 2.06 bits per heavy atom. The Morgan fingerprint density at radius 1 is 0.935 bits per heavy atom. The highest BCUT2D eigenvalue weighted by Crippen LogP contribution is 2.16. The first kappa shape index (κ1) is 24.3. The lowest BCUT2D eigenvalue weighted by Gasteiger charge is -2.29. The summed E-state index contributed by atoms with van der Waals surface area (Å²) in [5.41, 5.74) is 2.11. The predicted molar refractivity (Wildman–Crippen MR) is 122 cm³/mol. The fourth-order valence-corrected chi connectivity index (χ4v) is 3.03. The van der Waals surface area contributed by atoms with E-state index in [0.29, 0.717) is 12.3 Å². The molecule has 0 unspecified atom stereocenters. The standard InChI is InChI=1S/C25H34N2O4/c1-6-18(3)26-25(29)19(4)27(16-21-10-12-22(30-5)13-11-21)24(28)17-31-23-14-8-20(7-2)9-15-23/h8-15,18-19H,6-7,16-17H2,1-5H3,(H,26,29)/t18-,19+/m1/s1. The molecule has 2 atom stereocenters. The fourth-order valence-electron chi connectivity index (χ4n) is 3.03. The van der Waals surface area contributed by atoms with Crippen LogP contribution in [0.1, 0.15) is 45.2 Å². The third-order valence-corrected chi connectivity index (χ3v) is 5.37. The first-order chi connectivity index (χ1) is 14.9. The number of rotatable bonds is 11. The number of hydrogen-bond donors (Lipinski definition) is 1. The normalized spacial score (nSPS) is 12.5. The van der Waals surface area contributed by atoms with Crippen LogP contribution in [0.15, 0.2) is 48.5 Å². The van der Waals surface area contributed by atoms with Gasteiger partial charge in [-0.25, -0.2) is 0 Å². The highest BCUT2D eigenvalue weighted by molar-refractivity contribution is 5.88. The Hall–Kier alpha value is -3.02. The number of carbonyl (C=O) groups is 2. The number of carbonyl (C=O) groups excluding carboxylic acids is 2. The first-order valence-electron chi connectivity index (χ1n) is 10.8. The van der Waals surface area contributed by atoms with E-state index in [2.05, 4.69) is 12.2 Å². The summed E-state index contributed by atoms with van der Waals surface area (Å²) < 4.78 is 10.9. The average molecular weight is 427 g/mol. The van der Waals surface area contributed by atoms with Crippen LogP contribution in [-0.4, -0.2) is 42.5 Å². The number of ether oxygens (including phenoxy) is 2. The maximum atomic E-state index is 13.1. The Bertz CT molecular complexity index is 834. The van der Waals surface area contributed by atoms with E-state index in [1.165, 1.54) is 5.56 Å². The van der Waals surface area contributed by atoms with E-state index in [9.17, 15) is 9.59 Å². The molecule has 0 bridgehead atoms. The van der Waals surface area contributed by atoms with Crippen molar-refractivity contribution in [3.05, 3.63) is 59.7 Å². The van der Waals surface area contributed by atoms with E-state index < -0.39 is 6.04 Å². The lowest BCUT2D eigenvalue weighted by Crippen LogP contribution is -2.50. The summed E-state index contributed by atoms with van der Waals surface area (Å²) in [6.07, 6.45) is 1.76. The van der Waals surface area contributed by atoms with Crippen molar-refractivity contribution in [3.8, 4) is 11.5 Å². The van der Waals surface area contributed by atoms with E-state index in [1.54, 1.807) is 18.9 Å². The lowest BCUT2D eigenvalue weighted by atomic mass is 10.1. The summed E-state index contributed by atoms with van der Waals surface area (Å²) in [4.78, 5) is 27.3. The van der Waals surface area contributed by atoms with E-state index in [4.69, 9.17) is 9.47 Å². The highest BCUT2D eigenvalue weighted by atomic mass is 16.5. The fraction of sp³-hybridized carbons (Fsp3) is 0.440. The zero-order chi connectivity index (χ0) is 22.8. The summed E-state index contributed by atoms with van der Waals surface area (Å²) in [6.45, 7) is 7.95. The van der Waals surface area contributed by atoms with Gasteiger partial charge in [0, 0.05) is 12.6 Å². The minimum Gasteiger partial charge on any atom is -0.497 e. The zero-order valence-corrected chi connectivity index (χ0v) is 19.2. The van der Waals surface area contributed by atoms with E-state index in [0.717, 1.165) is 24.2 Å². The van der Waals surface area contributed by atoms with Gasteiger partial charge >= 0.3 is 0 Å². The van der Waals surface area contributed by atoms with Gasteiger partial charge in [0.15, 0.2) is 6.61 Å². The monoisotopic (exact) mass is 426 g/mol. The van der Waals surface area contributed by atoms with Gasteiger partial charge in [0.1, 0.15) is 17.5 Å². The van der Waals surface area contributed by atoms with Gasteiger partial charge in [0.2, 0.25) is 5.91 Å². The van der Waals surface area contributed by atoms with E-state index in [-0.39, 0.29) is 24.5 Å². The quantitative estimate of drug-likeness (QED) is 0.590. The van der Waals surface area contributed by atoms with Crippen LogP contribution in [0.2, 0.25) is 0 Å². The Kier molecular flexibility index (Phi) is 9.38. The van der Waals surface area contributed by atoms with Crippen LogP contribution in [0.4, 0.5) is 0 Å². The van der Waals surface area contributed by atoms with E-state index >= 15 is 0 Å². The summed E-state index contributed by atoms with van der Waals surface area (Å²) in [5.74, 6) is 0.945. The molecular weight excluding hydrogens is 392 g/mol. The third-order valence-electron chi connectivity index (χ3n) is 5.37. The largest absolute Gasteiger partial charge is 0.497 e. The second-order valence-electron chi connectivity index (χ2n) is 7.65. The molecule has 0 aliphatic rings. The number of aryl methyl sites for hydroxylation is 1. The number of methoxy groups -OCH3 is 1. The number of nitrogens with one attached hydrogen (secondary N) is 1. The van der Waals surface area contributed by atoms with Gasteiger partial charge in [-0.05, 0) is 62.1 Å². The van der Waals surface area contributed by atoms with Crippen molar-refractivity contribution in [2.45, 2.75) is 59.2 Å². The maximum absolute atomic E-state index is 13.1. The number of hydrogen-bond acceptors (Lipinski definition) is 4. The Labute approximate surface area is 185 Å². The summed E-state index contributed by atoms with van der Waals surface area (Å²) in [7, 11) is 1.61. The lowest BCUT2D eigenvalue weighted by molar-refractivity contribution is -0.142. The molecule has 2 aromatic rings. The summed E-state index contributed by atoms with van der Waals surface area (Å²) >= 11 is 0. The Morgan fingerprint density at radius 2 is 1.52 bits per heavy atom. The highest BCUT2D eigenvalue weighted by Gasteiger charge is 2.27. The smallest absolute Gasteiger partial charge is 0.261 e. The predicted octanol–water partition coefficient (Wildman–Crippen LogP) is 3.97. The first-order valence-corrected chi connectivity index (χ1v) is 10.8. The molecule has 168 valence electrons. The van der Waals surface area contributed by atoms with Gasteiger partial charge in [-0.1, -0.05) is 38.1 Å². The van der Waals surface area contributed by atoms with Crippen molar-refractivity contribution in [2.24, 2.45) is 0 Å². The molecule has 0 saturated carbocycles. The molecule has 6 nitrogen and oxygen atoms in total. The second kappa shape index (κ2) is 12.0. The van der Waals surface area contributed by atoms with Gasteiger partial charge in [0.05, 0.1) is 7.11 Å². The van der Waals surface area contributed by atoms with Crippen LogP contribution in [0.5, 0.6) is 11.5 Å². The molecule has 0 aromatic heterocycles. The number of benzene rings is 2. The SMILES string of the molecule is CCc1ccc(OCC(=O)N(Cc2ccc(OC)cc2)[C@@H](C)C(=O)N[C@H](C)CC)cc1. The third kappa shape index (κ3) is 7.31. The molecule has 0 fully saturated rings. The maximum Gasteiger partial charge on any atom is 0.261 e. The molecule has 0 spiro atoms. The zero-order valence-electron chi connectivity index (χ0n) is 19.2. The molecule has 6 heteroatoms. The molecule has 2 rings (SSSR count). The number of amides is 2. The van der Waals surface area contributed by atoms with Gasteiger partial charge in [-0.3, -0.25) is 9.59 Å². The van der Waals surface area contributed by atoms with Crippen molar-refractivity contribution in [3.63, 3.8) is 0 Å². The van der Waals surface area contributed by atoms with Crippen LogP contribution in [0, 0.1) is 0 Å². The molecule has 31 heavy (non-hydrogen) atoms. The number of nitrogens with zero attached hydrogens (tertiary/aromatic N) is 1. The van der Waals surface area contributed by atoms with Crippen LogP contribution >= 0.6 is 0 Å². The van der Waals surface area contributed by atoms with Crippen molar-refractivity contribution in [1.29, 1.82) is 0 Å². The molecule has 2 aromatic carbocycles. The molecule has 1 N–H and O–H groups in total. The van der Waals surface area contributed by atoms with Crippen molar-refractivity contribution in [1.82, 2.24) is 10.2 Å². The van der Waals surface area contributed by atoms with Crippen molar-refractivity contribution in [2.75, 3.05) is 13.7 Å². The van der Waals surface area contributed by atoms with E-state index in [1.807, 2.05) is 62.4 Å². The van der Waals surface area contributed by atoms with Crippen molar-refractivity contribution >= 4 is 11.8 Å². The molecular formula is C25H34N2O4. The second-order valence-corrected chi connectivity index (χ2v) is 7.65. The molecule has 0 heterocycles. The van der Waals surface area contributed by atoms with Gasteiger partial charge in [-0.2, -0.15) is 0 Å². The average Bonchev–Trinajstić information content (AvgIpc) is 2.81. The molecule has 0 aliphatic heterocycles.